The Kier molecular flexibility index (Phi) is 4.44. The first-order valence-corrected chi connectivity index (χ1v) is 6.43. The average molecular weight is 269 g/mol. The lowest BCUT2D eigenvalue weighted by Gasteiger charge is -2.32. The van der Waals surface area contributed by atoms with Crippen molar-refractivity contribution in [3.63, 3.8) is 0 Å². The number of carbonyl (C=O) groups excluding carboxylic acids is 1. The molecule has 98 valence electrons. The summed E-state index contributed by atoms with van der Waals surface area (Å²) in [5.41, 5.74) is 0.832. The van der Waals surface area contributed by atoms with E-state index in [9.17, 15) is 4.79 Å². The van der Waals surface area contributed by atoms with Gasteiger partial charge in [-0.15, -0.1) is 0 Å². The third kappa shape index (κ3) is 3.15. The molecule has 0 bridgehead atoms. The minimum atomic E-state index is -0.280. The predicted molar refractivity (Wildman–Crippen MR) is 72.2 cm³/mol. The highest BCUT2D eigenvalue weighted by Gasteiger charge is 2.27. The fourth-order valence-corrected chi connectivity index (χ4v) is 2.13. The minimum absolute atomic E-state index is 0.280. The molecule has 18 heavy (non-hydrogen) atoms. The van der Waals surface area contributed by atoms with E-state index in [1.807, 2.05) is 19.2 Å². The standard InChI is InChI=1S/C13H17ClN2O2/c1-15-7-6-10-8-16(13(17)18-9-10)12-4-2-11(14)3-5-12/h2-5,10,15H,6-9H2,1H3. The molecule has 1 aromatic carbocycles. The van der Waals surface area contributed by atoms with Crippen LogP contribution in [0.3, 0.4) is 0 Å². The van der Waals surface area contributed by atoms with E-state index in [1.165, 1.54) is 0 Å². The Morgan fingerprint density at radius 1 is 1.44 bits per heavy atom. The van der Waals surface area contributed by atoms with Gasteiger partial charge in [-0.05, 0) is 44.3 Å². The van der Waals surface area contributed by atoms with E-state index in [2.05, 4.69) is 5.32 Å². The van der Waals surface area contributed by atoms with Crippen molar-refractivity contribution in [2.45, 2.75) is 6.42 Å². The van der Waals surface area contributed by atoms with Crippen LogP contribution in [0.15, 0.2) is 24.3 Å². The summed E-state index contributed by atoms with van der Waals surface area (Å²) in [4.78, 5) is 13.4. The Bertz CT molecular complexity index is 408. The SMILES string of the molecule is CNCCC1COC(=O)N(c2ccc(Cl)cc2)C1. The fraction of sp³-hybridized carbons (Fsp3) is 0.462. The van der Waals surface area contributed by atoms with Crippen molar-refractivity contribution in [3.05, 3.63) is 29.3 Å². The van der Waals surface area contributed by atoms with Crippen LogP contribution in [0.5, 0.6) is 0 Å². The number of rotatable bonds is 4. The van der Waals surface area contributed by atoms with Crippen molar-refractivity contribution < 1.29 is 9.53 Å². The van der Waals surface area contributed by atoms with Crippen LogP contribution in [-0.4, -0.2) is 32.8 Å². The van der Waals surface area contributed by atoms with Gasteiger partial charge in [0.1, 0.15) is 0 Å². The quantitative estimate of drug-likeness (QED) is 0.912. The van der Waals surface area contributed by atoms with Crippen molar-refractivity contribution in [3.8, 4) is 0 Å². The lowest BCUT2D eigenvalue weighted by Crippen LogP contribution is -2.43. The van der Waals surface area contributed by atoms with Gasteiger partial charge < -0.3 is 10.1 Å². The highest BCUT2D eigenvalue weighted by atomic mass is 35.5. The smallest absolute Gasteiger partial charge is 0.414 e. The maximum atomic E-state index is 11.8. The first kappa shape index (κ1) is 13.2. The molecule has 1 aliphatic rings. The van der Waals surface area contributed by atoms with E-state index < -0.39 is 0 Å². The molecule has 1 fully saturated rings. The second kappa shape index (κ2) is 6.07. The van der Waals surface area contributed by atoms with Crippen molar-refractivity contribution >= 4 is 23.4 Å². The molecule has 0 aromatic heterocycles. The highest BCUT2D eigenvalue weighted by molar-refractivity contribution is 6.30. The fourth-order valence-electron chi connectivity index (χ4n) is 2.01. The van der Waals surface area contributed by atoms with Gasteiger partial charge in [-0.1, -0.05) is 11.6 Å². The molecular weight excluding hydrogens is 252 g/mol. The van der Waals surface area contributed by atoms with Gasteiger partial charge in [0.25, 0.3) is 0 Å². The van der Waals surface area contributed by atoms with Gasteiger partial charge in [0.2, 0.25) is 0 Å². The maximum absolute atomic E-state index is 11.8. The van der Waals surface area contributed by atoms with E-state index in [0.29, 0.717) is 24.1 Å². The van der Waals surface area contributed by atoms with Crippen LogP contribution < -0.4 is 10.2 Å². The van der Waals surface area contributed by atoms with Gasteiger partial charge in [-0.3, -0.25) is 4.90 Å². The molecule has 0 radical (unpaired) electrons. The monoisotopic (exact) mass is 268 g/mol. The van der Waals surface area contributed by atoms with Gasteiger partial charge in [0.05, 0.1) is 6.61 Å². The molecule has 1 saturated heterocycles. The number of nitrogens with zero attached hydrogens (tertiary/aromatic N) is 1. The summed E-state index contributed by atoms with van der Waals surface area (Å²) < 4.78 is 5.21. The minimum Gasteiger partial charge on any atom is -0.449 e. The second-order valence-corrected chi connectivity index (χ2v) is 4.86. The number of carbonyl (C=O) groups is 1. The van der Waals surface area contributed by atoms with E-state index in [0.717, 1.165) is 18.7 Å². The van der Waals surface area contributed by atoms with Gasteiger partial charge >= 0.3 is 6.09 Å². The van der Waals surface area contributed by atoms with E-state index >= 15 is 0 Å². The Labute approximate surface area is 112 Å². The second-order valence-electron chi connectivity index (χ2n) is 4.42. The zero-order chi connectivity index (χ0) is 13.0. The number of nitrogens with one attached hydrogen (secondary N) is 1. The van der Waals surface area contributed by atoms with E-state index in [-0.39, 0.29) is 6.09 Å². The van der Waals surface area contributed by atoms with E-state index in [1.54, 1.807) is 17.0 Å². The zero-order valence-electron chi connectivity index (χ0n) is 10.4. The summed E-state index contributed by atoms with van der Waals surface area (Å²) in [7, 11) is 1.92. The molecule has 1 amide bonds. The van der Waals surface area contributed by atoms with Crippen molar-refractivity contribution in [1.82, 2.24) is 5.32 Å². The zero-order valence-corrected chi connectivity index (χ0v) is 11.1. The number of amides is 1. The molecule has 5 heteroatoms. The van der Waals surface area contributed by atoms with Crippen LogP contribution in [-0.2, 0) is 4.74 Å². The number of benzene rings is 1. The largest absolute Gasteiger partial charge is 0.449 e. The average Bonchev–Trinajstić information content (AvgIpc) is 2.39. The number of anilines is 1. The van der Waals surface area contributed by atoms with Crippen molar-refractivity contribution in [1.29, 1.82) is 0 Å². The first-order chi connectivity index (χ1) is 8.70. The van der Waals surface area contributed by atoms with Gasteiger partial charge in [0.15, 0.2) is 0 Å². The number of halogens is 1. The molecule has 1 heterocycles. The van der Waals surface area contributed by atoms with Gasteiger partial charge in [-0.2, -0.15) is 0 Å². The normalized spacial score (nSPS) is 19.8. The summed E-state index contributed by atoms with van der Waals surface area (Å²) in [5, 5.41) is 3.77. The summed E-state index contributed by atoms with van der Waals surface area (Å²) in [6, 6.07) is 7.23. The van der Waals surface area contributed by atoms with Crippen molar-refractivity contribution in [2.75, 3.05) is 31.6 Å². The first-order valence-electron chi connectivity index (χ1n) is 6.05. The lowest BCUT2D eigenvalue weighted by molar-refractivity contribution is 0.112. The molecule has 0 saturated carbocycles. The molecule has 0 spiro atoms. The summed E-state index contributed by atoms with van der Waals surface area (Å²) in [6.45, 7) is 2.13. The van der Waals surface area contributed by atoms with Crippen molar-refractivity contribution in [2.24, 2.45) is 5.92 Å². The predicted octanol–water partition coefficient (Wildman–Crippen LogP) is 2.52. The molecule has 2 rings (SSSR count). The number of cyclic esters (lactones) is 1. The molecule has 1 unspecified atom stereocenters. The topological polar surface area (TPSA) is 41.6 Å². The molecule has 0 aliphatic carbocycles. The third-order valence-corrected chi connectivity index (χ3v) is 3.30. The molecule has 1 N–H and O–H groups in total. The van der Waals surface area contributed by atoms with Crippen LogP contribution in [0, 0.1) is 5.92 Å². The Morgan fingerprint density at radius 2 is 2.17 bits per heavy atom. The van der Waals surface area contributed by atoms with Crippen LogP contribution >= 0.6 is 11.6 Å². The molecule has 1 aromatic rings. The third-order valence-electron chi connectivity index (χ3n) is 3.04. The van der Waals surface area contributed by atoms with Crippen LogP contribution in [0.2, 0.25) is 5.02 Å². The summed E-state index contributed by atoms with van der Waals surface area (Å²) in [6.07, 6.45) is 0.714. The van der Waals surface area contributed by atoms with Crippen LogP contribution in [0.4, 0.5) is 10.5 Å². The summed E-state index contributed by atoms with van der Waals surface area (Å²) >= 11 is 5.84. The van der Waals surface area contributed by atoms with Gasteiger partial charge in [-0.25, -0.2) is 4.79 Å². The number of ether oxygens (including phenoxy) is 1. The lowest BCUT2D eigenvalue weighted by atomic mass is 10.0. The van der Waals surface area contributed by atoms with E-state index in [4.69, 9.17) is 16.3 Å². The number of hydrogen-bond donors (Lipinski definition) is 1. The molecule has 1 aliphatic heterocycles. The highest BCUT2D eigenvalue weighted by Crippen LogP contribution is 2.23. The Morgan fingerprint density at radius 3 is 2.83 bits per heavy atom. The van der Waals surface area contributed by atoms with Crippen LogP contribution in [0.1, 0.15) is 6.42 Å². The number of hydrogen-bond acceptors (Lipinski definition) is 3. The summed E-state index contributed by atoms with van der Waals surface area (Å²) in [5.74, 6) is 0.367. The Hall–Kier alpha value is -1.26. The van der Waals surface area contributed by atoms with Crippen LogP contribution in [0.25, 0.3) is 0 Å². The van der Waals surface area contributed by atoms with Gasteiger partial charge in [0, 0.05) is 23.2 Å². The molecule has 4 nitrogen and oxygen atoms in total. The Balaban J connectivity index is 2.05. The maximum Gasteiger partial charge on any atom is 0.414 e. The molecule has 1 atom stereocenters. The molecular formula is C13H17ClN2O2.